The number of nitrogens with two attached hydrogens (primary N) is 1. The van der Waals surface area contributed by atoms with Gasteiger partial charge in [-0.3, -0.25) is 0 Å². The van der Waals surface area contributed by atoms with Crippen LogP contribution in [0.2, 0.25) is 0 Å². The number of hydrogen-bond acceptors (Lipinski definition) is 2. The van der Waals surface area contributed by atoms with Gasteiger partial charge < -0.3 is 10.6 Å². The number of aliphatic imine (C=N–C) groups is 1. The number of amides is 2. The van der Waals surface area contributed by atoms with Crippen LogP contribution in [0.5, 0.6) is 0 Å². The van der Waals surface area contributed by atoms with Gasteiger partial charge in [0.1, 0.15) is 17.2 Å². The molecule has 0 aliphatic carbocycles. The van der Waals surface area contributed by atoms with Crippen molar-refractivity contribution in [1.82, 2.24) is 4.90 Å². The van der Waals surface area contributed by atoms with Crippen molar-refractivity contribution in [3.63, 3.8) is 0 Å². The van der Waals surface area contributed by atoms with Crippen LogP contribution in [0.3, 0.4) is 0 Å². The summed E-state index contributed by atoms with van der Waals surface area (Å²) < 4.78 is 13.2. The highest BCUT2D eigenvalue weighted by Gasteiger charge is 2.43. The van der Waals surface area contributed by atoms with Crippen molar-refractivity contribution in [2.75, 3.05) is 6.54 Å². The van der Waals surface area contributed by atoms with Crippen molar-refractivity contribution in [2.24, 2.45) is 10.7 Å². The molecule has 1 heterocycles. The highest BCUT2D eigenvalue weighted by atomic mass is 19.1. The Kier molecular flexibility index (Phi) is 3.55. The summed E-state index contributed by atoms with van der Waals surface area (Å²) in [5.41, 5.74) is 6.04. The molecule has 0 radical (unpaired) electrons. The fourth-order valence-electron chi connectivity index (χ4n) is 2.43. The molecule has 0 aromatic heterocycles. The molecule has 1 aliphatic rings. The van der Waals surface area contributed by atoms with E-state index in [4.69, 9.17) is 5.73 Å². The van der Waals surface area contributed by atoms with Gasteiger partial charge in [-0.2, -0.15) is 4.99 Å². The minimum Gasteiger partial charge on any atom is -0.385 e. The third-order valence-electron chi connectivity index (χ3n) is 3.48. The molecule has 102 valence electrons. The predicted molar refractivity (Wildman–Crippen MR) is 72.5 cm³/mol. The van der Waals surface area contributed by atoms with E-state index in [1.807, 2.05) is 19.9 Å². The van der Waals surface area contributed by atoms with Gasteiger partial charge in [-0.1, -0.05) is 19.1 Å². The fraction of sp³-hybridized carbons (Fsp3) is 0.429. The molecule has 1 aromatic rings. The molecule has 1 aromatic carbocycles. The van der Waals surface area contributed by atoms with Crippen LogP contribution in [-0.4, -0.2) is 28.9 Å². The molecule has 2 N–H and O–H groups in total. The maximum absolute atomic E-state index is 13.2. The molecule has 0 fully saturated rings. The number of halogens is 1. The highest BCUT2D eigenvalue weighted by molar-refractivity contribution is 6.05. The molecule has 4 nitrogen and oxygen atoms in total. The van der Waals surface area contributed by atoms with Crippen LogP contribution < -0.4 is 5.73 Å². The highest BCUT2D eigenvalue weighted by Crippen LogP contribution is 2.27. The molecule has 0 spiro atoms. The summed E-state index contributed by atoms with van der Waals surface area (Å²) in [6.07, 6.45) is 1.29. The molecule has 0 saturated heterocycles. The van der Waals surface area contributed by atoms with Crippen molar-refractivity contribution >= 4 is 11.9 Å². The standard InChI is InChI=1S/C14H18FN3O/c1-3-7-18-13(19)17-12(16)14(18,2)9-10-5-4-6-11(15)8-10/h4-6,8H,3,7,9H2,1-2H3,(H2,16,17,19). The summed E-state index contributed by atoms with van der Waals surface area (Å²) in [4.78, 5) is 17.3. The zero-order chi connectivity index (χ0) is 14.0. The van der Waals surface area contributed by atoms with Crippen LogP contribution in [0.4, 0.5) is 9.18 Å². The normalized spacial score (nSPS) is 22.8. The van der Waals surface area contributed by atoms with Crippen LogP contribution in [0.15, 0.2) is 29.3 Å². The Morgan fingerprint density at radius 1 is 1.47 bits per heavy atom. The quantitative estimate of drug-likeness (QED) is 0.906. The average molecular weight is 263 g/mol. The van der Waals surface area contributed by atoms with Gasteiger partial charge in [0.2, 0.25) is 0 Å². The molecule has 2 amide bonds. The number of benzene rings is 1. The molecule has 5 heteroatoms. The maximum Gasteiger partial charge on any atom is 0.346 e. The summed E-state index contributed by atoms with van der Waals surface area (Å²) in [7, 11) is 0. The minimum absolute atomic E-state index is 0.289. The summed E-state index contributed by atoms with van der Waals surface area (Å²) in [5.74, 6) is 0.0122. The Morgan fingerprint density at radius 2 is 2.21 bits per heavy atom. The second-order valence-corrected chi connectivity index (χ2v) is 5.01. The number of amidine groups is 1. The van der Waals surface area contributed by atoms with Gasteiger partial charge in [0, 0.05) is 13.0 Å². The Hall–Kier alpha value is -1.91. The first-order valence-electron chi connectivity index (χ1n) is 6.38. The second-order valence-electron chi connectivity index (χ2n) is 5.01. The Labute approximate surface area is 112 Å². The third kappa shape index (κ3) is 2.45. The van der Waals surface area contributed by atoms with E-state index < -0.39 is 5.54 Å². The van der Waals surface area contributed by atoms with Gasteiger partial charge in [0.05, 0.1) is 0 Å². The monoisotopic (exact) mass is 263 g/mol. The largest absolute Gasteiger partial charge is 0.385 e. The topological polar surface area (TPSA) is 58.7 Å². The second kappa shape index (κ2) is 4.99. The van der Waals surface area contributed by atoms with Crippen molar-refractivity contribution in [1.29, 1.82) is 0 Å². The van der Waals surface area contributed by atoms with Crippen LogP contribution >= 0.6 is 0 Å². The number of rotatable bonds is 4. The van der Waals surface area contributed by atoms with Gasteiger partial charge >= 0.3 is 6.03 Å². The number of nitrogens with zero attached hydrogens (tertiary/aromatic N) is 2. The van der Waals surface area contributed by atoms with Gasteiger partial charge in [-0.25, -0.2) is 9.18 Å². The molecule has 1 aliphatic heterocycles. The van der Waals surface area contributed by atoms with Crippen molar-refractivity contribution < 1.29 is 9.18 Å². The number of carbonyl (C=O) groups is 1. The number of urea groups is 1. The summed E-state index contributed by atoms with van der Waals surface area (Å²) in [5, 5.41) is 0. The van der Waals surface area contributed by atoms with E-state index in [1.165, 1.54) is 12.1 Å². The summed E-state index contributed by atoms with van der Waals surface area (Å²) in [6.45, 7) is 4.45. The number of hydrogen-bond donors (Lipinski definition) is 1. The van der Waals surface area contributed by atoms with E-state index >= 15 is 0 Å². The van der Waals surface area contributed by atoms with Crippen molar-refractivity contribution in [2.45, 2.75) is 32.2 Å². The Morgan fingerprint density at radius 3 is 2.84 bits per heavy atom. The van der Waals surface area contributed by atoms with Crippen LogP contribution in [-0.2, 0) is 6.42 Å². The smallest absolute Gasteiger partial charge is 0.346 e. The molecule has 0 saturated carbocycles. The predicted octanol–water partition coefficient (Wildman–Crippen LogP) is 2.33. The maximum atomic E-state index is 13.2. The lowest BCUT2D eigenvalue weighted by molar-refractivity contribution is 0.178. The third-order valence-corrected chi connectivity index (χ3v) is 3.48. The fourth-order valence-corrected chi connectivity index (χ4v) is 2.43. The van der Waals surface area contributed by atoms with Crippen molar-refractivity contribution in [3.05, 3.63) is 35.6 Å². The lowest BCUT2D eigenvalue weighted by Gasteiger charge is -2.34. The molecule has 0 bridgehead atoms. The molecular weight excluding hydrogens is 245 g/mol. The summed E-state index contributed by atoms with van der Waals surface area (Å²) in [6, 6.07) is 6.04. The number of carbonyl (C=O) groups excluding carboxylic acids is 1. The lowest BCUT2D eigenvalue weighted by atomic mass is 9.90. The zero-order valence-electron chi connectivity index (χ0n) is 11.2. The molecular formula is C14H18FN3O. The zero-order valence-corrected chi connectivity index (χ0v) is 11.2. The first-order chi connectivity index (χ1) is 8.97. The van der Waals surface area contributed by atoms with Crippen LogP contribution in [0.25, 0.3) is 0 Å². The van der Waals surface area contributed by atoms with E-state index in [9.17, 15) is 9.18 Å². The van der Waals surface area contributed by atoms with Gasteiger partial charge in [-0.05, 0) is 31.0 Å². The Bertz CT molecular complexity index is 529. The van der Waals surface area contributed by atoms with E-state index in [0.29, 0.717) is 18.8 Å². The average Bonchev–Trinajstić information content (AvgIpc) is 2.53. The first-order valence-corrected chi connectivity index (χ1v) is 6.38. The first kappa shape index (κ1) is 13.5. The molecule has 2 rings (SSSR count). The van der Waals surface area contributed by atoms with E-state index in [2.05, 4.69) is 4.99 Å². The summed E-state index contributed by atoms with van der Waals surface area (Å²) >= 11 is 0. The van der Waals surface area contributed by atoms with Crippen LogP contribution in [0, 0.1) is 5.82 Å². The van der Waals surface area contributed by atoms with Gasteiger partial charge in [0.25, 0.3) is 0 Å². The Balaban J connectivity index is 2.29. The van der Waals surface area contributed by atoms with Gasteiger partial charge in [0.15, 0.2) is 0 Å². The van der Waals surface area contributed by atoms with E-state index in [0.717, 1.165) is 12.0 Å². The molecule has 19 heavy (non-hydrogen) atoms. The van der Waals surface area contributed by atoms with Crippen LogP contribution in [0.1, 0.15) is 25.8 Å². The van der Waals surface area contributed by atoms with E-state index in [1.54, 1.807) is 11.0 Å². The lowest BCUT2D eigenvalue weighted by Crippen LogP contribution is -2.53. The molecule has 1 unspecified atom stereocenters. The van der Waals surface area contributed by atoms with E-state index in [-0.39, 0.29) is 11.8 Å². The minimum atomic E-state index is -0.666. The van der Waals surface area contributed by atoms with Gasteiger partial charge in [-0.15, -0.1) is 0 Å². The SMILES string of the molecule is CCCN1C(=O)N=C(N)C1(C)Cc1cccc(F)c1. The molecule has 1 atom stereocenters. The van der Waals surface area contributed by atoms with Crippen molar-refractivity contribution in [3.8, 4) is 0 Å².